The van der Waals surface area contributed by atoms with Crippen LogP contribution in [0.3, 0.4) is 0 Å². The molecular weight excluding hydrogens is 275 g/mol. The van der Waals surface area contributed by atoms with E-state index in [-0.39, 0.29) is 6.04 Å². The summed E-state index contributed by atoms with van der Waals surface area (Å²) < 4.78 is 38.2. The van der Waals surface area contributed by atoms with Crippen LogP contribution in [0.15, 0.2) is 24.3 Å². The Kier molecular flexibility index (Phi) is 5.31. The molecule has 0 saturated heterocycles. The number of hydrogen-bond donors (Lipinski definition) is 1. The molecule has 0 radical (unpaired) electrons. The maximum Gasteiger partial charge on any atom is 0.416 e. The van der Waals surface area contributed by atoms with E-state index in [1.807, 2.05) is 6.92 Å². The average Bonchev–Trinajstić information content (AvgIpc) is 2.44. The van der Waals surface area contributed by atoms with Crippen LogP contribution in [0.5, 0.6) is 0 Å². The number of halogens is 3. The number of nitrogens with one attached hydrogen (secondary N) is 1. The number of alkyl halides is 3. The van der Waals surface area contributed by atoms with Gasteiger partial charge in [0.15, 0.2) is 0 Å². The second-order valence-electron chi connectivity index (χ2n) is 6.39. The smallest absolute Gasteiger partial charge is 0.310 e. The van der Waals surface area contributed by atoms with Crippen LogP contribution in [0.1, 0.15) is 56.7 Å². The number of benzene rings is 1. The zero-order valence-corrected chi connectivity index (χ0v) is 12.7. The number of rotatable bonds is 4. The van der Waals surface area contributed by atoms with Gasteiger partial charge in [-0.15, -0.1) is 0 Å². The van der Waals surface area contributed by atoms with E-state index >= 15 is 0 Å². The van der Waals surface area contributed by atoms with Crippen LogP contribution in [0.2, 0.25) is 0 Å². The van der Waals surface area contributed by atoms with Crippen LogP contribution in [-0.2, 0) is 6.18 Å². The van der Waals surface area contributed by atoms with Gasteiger partial charge in [0.1, 0.15) is 0 Å². The Labute approximate surface area is 124 Å². The zero-order chi connectivity index (χ0) is 15.5. The minimum atomic E-state index is -4.27. The predicted octanol–water partition coefficient (Wildman–Crippen LogP) is 5.18. The van der Waals surface area contributed by atoms with Gasteiger partial charge in [-0.2, -0.15) is 13.2 Å². The highest BCUT2D eigenvalue weighted by Crippen LogP contribution is 2.31. The van der Waals surface area contributed by atoms with E-state index in [0.29, 0.717) is 11.5 Å². The van der Waals surface area contributed by atoms with Crippen molar-refractivity contribution in [3.63, 3.8) is 0 Å². The van der Waals surface area contributed by atoms with Crippen molar-refractivity contribution in [2.24, 2.45) is 11.8 Å². The maximum atomic E-state index is 12.7. The summed E-state index contributed by atoms with van der Waals surface area (Å²) in [5, 5.41) is 3.40. The van der Waals surface area contributed by atoms with Crippen molar-refractivity contribution in [1.29, 1.82) is 0 Å². The summed E-state index contributed by atoms with van der Waals surface area (Å²) in [6, 6.07) is 5.57. The fourth-order valence-electron chi connectivity index (χ4n) is 3.19. The van der Waals surface area contributed by atoms with Crippen molar-refractivity contribution in [2.75, 3.05) is 6.54 Å². The van der Waals surface area contributed by atoms with Crippen LogP contribution >= 0.6 is 0 Å². The van der Waals surface area contributed by atoms with E-state index in [2.05, 4.69) is 12.2 Å². The lowest BCUT2D eigenvalue weighted by atomic mass is 9.82. The van der Waals surface area contributed by atoms with Gasteiger partial charge in [-0.05, 0) is 55.8 Å². The summed E-state index contributed by atoms with van der Waals surface area (Å²) in [4.78, 5) is 0. The van der Waals surface area contributed by atoms with Crippen molar-refractivity contribution in [3.8, 4) is 0 Å². The Morgan fingerprint density at radius 2 is 2.05 bits per heavy atom. The highest BCUT2D eigenvalue weighted by Gasteiger charge is 2.30. The molecule has 21 heavy (non-hydrogen) atoms. The minimum Gasteiger partial charge on any atom is -0.310 e. The van der Waals surface area contributed by atoms with Crippen molar-refractivity contribution >= 4 is 0 Å². The molecule has 0 aromatic heterocycles. The zero-order valence-electron chi connectivity index (χ0n) is 12.7. The van der Waals surface area contributed by atoms with Crippen LogP contribution in [0.4, 0.5) is 13.2 Å². The summed E-state index contributed by atoms with van der Waals surface area (Å²) >= 11 is 0. The van der Waals surface area contributed by atoms with E-state index in [1.165, 1.54) is 37.8 Å². The van der Waals surface area contributed by atoms with Crippen LogP contribution in [0.25, 0.3) is 0 Å². The summed E-state index contributed by atoms with van der Waals surface area (Å²) in [5.74, 6) is 1.43. The average molecular weight is 299 g/mol. The molecule has 1 N–H and O–H groups in total. The molecule has 0 heterocycles. The molecule has 3 atom stereocenters. The molecular formula is C17H24F3N. The molecule has 1 nitrogen and oxygen atoms in total. The molecule has 1 saturated carbocycles. The van der Waals surface area contributed by atoms with Crippen molar-refractivity contribution in [2.45, 2.75) is 51.7 Å². The van der Waals surface area contributed by atoms with E-state index in [1.54, 1.807) is 6.07 Å². The van der Waals surface area contributed by atoms with Gasteiger partial charge in [-0.1, -0.05) is 31.9 Å². The van der Waals surface area contributed by atoms with Crippen molar-refractivity contribution < 1.29 is 13.2 Å². The van der Waals surface area contributed by atoms with Gasteiger partial charge in [-0.3, -0.25) is 0 Å². The lowest BCUT2D eigenvalue weighted by molar-refractivity contribution is -0.137. The molecule has 3 unspecified atom stereocenters. The summed E-state index contributed by atoms with van der Waals surface area (Å²) in [6.45, 7) is 5.10. The molecule has 2 rings (SSSR count). The molecule has 0 spiro atoms. The minimum absolute atomic E-state index is 0.0514. The van der Waals surface area contributed by atoms with Crippen LogP contribution in [0, 0.1) is 11.8 Å². The summed E-state index contributed by atoms with van der Waals surface area (Å²) in [5.41, 5.74) is 0.133. The Morgan fingerprint density at radius 1 is 1.29 bits per heavy atom. The molecule has 4 heteroatoms. The van der Waals surface area contributed by atoms with Crippen LogP contribution in [-0.4, -0.2) is 6.54 Å². The lowest BCUT2D eigenvalue weighted by Gasteiger charge is -2.28. The quantitative estimate of drug-likeness (QED) is 0.807. The van der Waals surface area contributed by atoms with Crippen molar-refractivity contribution in [1.82, 2.24) is 5.32 Å². The SMILES string of the molecule is CC1CCCC(CNC(C)c2cccc(C(F)(F)F)c2)C1. The number of hydrogen-bond acceptors (Lipinski definition) is 1. The Hall–Kier alpha value is -1.03. The third-order valence-electron chi connectivity index (χ3n) is 4.47. The summed E-state index contributed by atoms with van der Waals surface area (Å²) in [7, 11) is 0. The van der Waals surface area contributed by atoms with Gasteiger partial charge in [0, 0.05) is 6.04 Å². The molecule has 0 bridgehead atoms. The monoisotopic (exact) mass is 299 g/mol. The Morgan fingerprint density at radius 3 is 2.71 bits per heavy atom. The molecule has 0 aliphatic heterocycles. The van der Waals surface area contributed by atoms with E-state index in [9.17, 15) is 13.2 Å². The van der Waals surface area contributed by atoms with Crippen molar-refractivity contribution in [3.05, 3.63) is 35.4 Å². The van der Waals surface area contributed by atoms with E-state index < -0.39 is 11.7 Å². The Bertz CT molecular complexity index is 456. The molecule has 1 aromatic rings. The van der Waals surface area contributed by atoms with E-state index in [0.717, 1.165) is 18.5 Å². The highest BCUT2D eigenvalue weighted by atomic mass is 19.4. The second kappa shape index (κ2) is 6.82. The maximum absolute atomic E-state index is 12.7. The largest absolute Gasteiger partial charge is 0.416 e. The Balaban J connectivity index is 1.92. The van der Waals surface area contributed by atoms with Gasteiger partial charge in [0.05, 0.1) is 5.56 Å². The fourth-order valence-corrected chi connectivity index (χ4v) is 3.19. The first kappa shape index (κ1) is 16.3. The first-order valence-electron chi connectivity index (χ1n) is 7.77. The molecule has 1 aliphatic carbocycles. The lowest BCUT2D eigenvalue weighted by Crippen LogP contribution is -2.28. The van der Waals surface area contributed by atoms with Gasteiger partial charge >= 0.3 is 6.18 Å². The van der Waals surface area contributed by atoms with Gasteiger partial charge in [-0.25, -0.2) is 0 Å². The normalized spacial score (nSPS) is 24.8. The molecule has 0 amide bonds. The first-order valence-corrected chi connectivity index (χ1v) is 7.77. The topological polar surface area (TPSA) is 12.0 Å². The third-order valence-corrected chi connectivity index (χ3v) is 4.47. The fraction of sp³-hybridized carbons (Fsp3) is 0.647. The predicted molar refractivity (Wildman–Crippen MR) is 79.0 cm³/mol. The van der Waals surface area contributed by atoms with Gasteiger partial charge < -0.3 is 5.32 Å². The standard InChI is InChI=1S/C17H24F3N/c1-12-5-3-6-14(9-12)11-21-13(2)15-7-4-8-16(10-15)17(18,19)20/h4,7-8,10,12-14,21H,3,5-6,9,11H2,1-2H3. The molecule has 1 aromatic carbocycles. The first-order chi connectivity index (χ1) is 9.86. The van der Waals surface area contributed by atoms with Gasteiger partial charge in [0.2, 0.25) is 0 Å². The molecule has 1 aliphatic rings. The molecule has 1 fully saturated rings. The molecule has 118 valence electrons. The van der Waals surface area contributed by atoms with Gasteiger partial charge in [0.25, 0.3) is 0 Å². The van der Waals surface area contributed by atoms with E-state index in [4.69, 9.17) is 0 Å². The highest BCUT2D eigenvalue weighted by molar-refractivity contribution is 5.27. The van der Waals surface area contributed by atoms with Crippen LogP contribution < -0.4 is 5.32 Å². The third kappa shape index (κ3) is 4.73. The second-order valence-corrected chi connectivity index (χ2v) is 6.39. The summed E-state index contributed by atoms with van der Waals surface area (Å²) in [6.07, 6.45) is 0.759.